The first-order chi connectivity index (χ1) is 15.8. The topological polar surface area (TPSA) is 93.9 Å². The van der Waals surface area contributed by atoms with Crippen LogP contribution in [0, 0.1) is 16.0 Å². The Morgan fingerprint density at radius 2 is 1.82 bits per heavy atom. The van der Waals surface area contributed by atoms with Crippen molar-refractivity contribution >= 4 is 11.6 Å². The van der Waals surface area contributed by atoms with Crippen LogP contribution in [0.25, 0.3) is 0 Å². The van der Waals surface area contributed by atoms with Gasteiger partial charge in [-0.1, -0.05) is 31.2 Å². The zero-order valence-corrected chi connectivity index (χ0v) is 18.6. The van der Waals surface area contributed by atoms with E-state index in [2.05, 4.69) is 21.9 Å². The first kappa shape index (κ1) is 24.4. The van der Waals surface area contributed by atoms with Gasteiger partial charge in [0.25, 0.3) is 11.6 Å². The normalized spacial score (nSPS) is 14.8. The predicted molar refractivity (Wildman–Crippen MR) is 118 cm³/mol. The second-order valence-corrected chi connectivity index (χ2v) is 8.11. The number of hydrogen-bond acceptors (Lipinski definition) is 6. The van der Waals surface area contributed by atoms with Gasteiger partial charge in [0, 0.05) is 19.2 Å². The van der Waals surface area contributed by atoms with Gasteiger partial charge < -0.3 is 14.8 Å². The van der Waals surface area contributed by atoms with Crippen LogP contribution in [0.5, 0.6) is 11.5 Å². The Morgan fingerprint density at radius 1 is 1.18 bits per heavy atom. The van der Waals surface area contributed by atoms with Gasteiger partial charge in [0.2, 0.25) is 0 Å². The molecule has 1 aliphatic heterocycles. The molecule has 8 nitrogen and oxygen atoms in total. The lowest BCUT2D eigenvalue weighted by Gasteiger charge is -2.30. The molecule has 0 saturated carbocycles. The van der Waals surface area contributed by atoms with Gasteiger partial charge in [-0.15, -0.1) is 0 Å². The summed E-state index contributed by atoms with van der Waals surface area (Å²) in [6.45, 7) is 2.27. The Balaban J connectivity index is 1.65. The van der Waals surface area contributed by atoms with E-state index in [0.717, 1.165) is 43.2 Å². The molecular formula is C23H27F2N3O5. The quantitative estimate of drug-likeness (QED) is 0.439. The molecule has 1 fully saturated rings. The summed E-state index contributed by atoms with van der Waals surface area (Å²) in [4.78, 5) is 25.6. The van der Waals surface area contributed by atoms with Gasteiger partial charge in [-0.25, -0.2) is 0 Å². The highest BCUT2D eigenvalue weighted by Gasteiger charge is 2.26. The molecule has 0 spiro atoms. The monoisotopic (exact) mass is 463 g/mol. The van der Waals surface area contributed by atoms with Crippen molar-refractivity contribution in [3.63, 3.8) is 0 Å². The SMILES string of the molecule is COc1cc(C(=O)NCc2ccc(CN3CCC(C)CC3)cc2)c([N+](=O)[O-])cc1OC(F)F. The summed E-state index contributed by atoms with van der Waals surface area (Å²) in [6.07, 6.45) is 2.41. The fourth-order valence-corrected chi connectivity index (χ4v) is 3.75. The van der Waals surface area contributed by atoms with E-state index in [0.29, 0.717) is 0 Å². The maximum Gasteiger partial charge on any atom is 0.387 e. The fraction of sp³-hybridized carbons (Fsp3) is 0.435. The highest BCUT2D eigenvalue weighted by atomic mass is 19.3. The van der Waals surface area contributed by atoms with Gasteiger partial charge in [0.1, 0.15) is 5.56 Å². The number of alkyl halides is 2. The smallest absolute Gasteiger partial charge is 0.387 e. The molecule has 0 bridgehead atoms. The van der Waals surface area contributed by atoms with Crippen LogP contribution in [0.4, 0.5) is 14.5 Å². The van der Waals surface area contributed by atoms with E-state index in [1.807, 2.05) is 24.3 Å². The number of piperidine rings is 1. The van der Waals surface area contributed by atoms with Gasteiger partial charge in [-0.05, 0) is 43.0 Å². The molecule has 1 heterocycles. The van der Waals surface area contributed by atoms with Crippen molar-refractivity contribution in [3.05, 3.63) is 63.2 Å². The molecule has 10 heteroatoms. The molecule has 0 aliphatic carbocycles. The van der Waals surface area contributed by atoms with Crippen LogP contribution in [-0.4, -0.2) is 42.5 Å². The van der Waals surface area contributed by atoms with Crippen LogP contribution in [0.1, 0.15) is 41.3 Å². The molecule has 1 saturated heterocycles. The van der Waals surface area contributed by atoms with Crippen LogP contribution in [0.2, 0.25) is 0 Å². The first-order valence-electron chi connectivity index (χ1n) is 10.7. The molecule has 0 unspecified atom stereocenters. The summed E-state index contributed by atoms with van der Waals surface area (Å²) in [6, 6.07) is 9.58. The summed E-state index contributed by atoms with van der Waals surface area (Å²) in [7, 11) is 1.19. The standard InChI is InChI=1S/C23H27F2N3O5/c1-15-7-9-27(10-8-15)14-17-5-3-16(4-6-17)13-26-22(29)18-11-20(32-2)21(33-23(24)25)12-19(18)28(30)31/h3-6,11-12,15,23H,7-10,13-14H2,1-2H3,(H,26,29). The number of nitrogens with zero attached hydrogens (tertiary/aromatic N) is 2. The summed E-state index contributed by atoms with van der Waals surface area (Å²) in [5.74, 6) is -0.678. The second-order valence-electron chi connectivity index (χ2n) is 8.11. The summed E-state index contributed by atoms with van der Waals surface area (Å²) < 4.78 is 34.4. The predicted octanol–water partition coefficient (Wildman–Crippen LogP) is 4.37. The van der Waals surface area contributed by atoms with E-state index >= 15 is 0 Å². The molecule has 0 radical (unpaired) electrons. The fourth-order valence-electron chi connectivity index (χ4n) is 3.75. The number of benzene rings is 2. The molecule has 33 heavy (non-hydrogen) atoms. The highest BCUT2D eigenvalue weighted by molar-refractivity contribution is 5.99. The van der Waals surface area contributed by atoms with Crippen LogP contribution in [-0.2, 0) is 13.1 Å². The number of likely N-dealkylation sites (tertiary alicyclic amines) is 1. The van der Waals surface area contributed by atoms with E-state index in [1.54, 1.807) is 0 Å². The van der Waals surface area contributed by atoms with Crippen molar-refractivity contribution in [1.82, 2.24) is 10.2 Å². The third kappa shape index (κ3) is 6.61. The Labute approximate surface area is 190 Å². The van der Waals surface area contributed by atoms with E-state index in [4.69, 9.17) is 4.74 Å². The average Bonchev–Trinajstić information content (AvgIpc) is 2.79. The number of halogens is 2. The molecule has 1 amide bonds. The average molecular weight is 463 g/mol. The van der Waals surface area contributed by atoms with E-state index in [1.165, 1.54) is 25.5 Å². The minimum absolute atomic E-state index is 0.148. The van der Waals surface area contributed by atoms with Crippen molar-refractivity contribution in [2.24, 2.45) is 5.92 Å². The van der Waals surface area contributed by atoms with Crippen molar-refractivity contribution in [3.8, 4) is 11.5 Å². The van der Waals surface area contributed by atoms with Crippen LogP contribution in [0.3, 0.4) is 0 Å². The maximum absolute atomic E-state index is 12.6. The molecule has 3 rings (SSSR count). The second kappa shape index (κ2) is 11.0. The van der Waals surface area contributed by atoms with Crippen molar-refractivity contribution in [2.45, 2.75) is 39.5 Å². The van der Waals surface area contributed by atoms with E-state index in [9.17, 15) is 23.7 Å². The van der Waals surface area contributed by atoms with Gasteiger partial charge in [0.05, 0.1) is 18.1 Å². The molecular weight excluding hydrogens is 436 g/mol. The first-order valence-corrected chi connectivity index (χ1v) is 10.7. The van der Waals surface area contributed by atoms with Crippen LogP contribution < -0.4 is 14.8 Å². The van der Waals surface area contributed by atoms with Crippen LogP contribution >= 0.6 is 0 Å². The number of amides is 1. The number of rotatable bonds is 9. The molecule has 178 valence electrons. The molecule has 2 aromatic carbocycles. The number of carbonyl (C=O) groups is 1. The third-order valence-corrected chi connectivity index (χ3v) is 5.70. The van der Waals surface area contributed by atoms with Gasteiger partial charge in [-0.3, -0.25) is 19.8 Å². The largest absolute Gasteiger partial charge is 0.493 e. The Kier molecular flexibility index (Phi) is 8.16. The van der Waals surface area contributed by atoms with Gasteiger partial charge in [0.15, 0.2) is 11.5 Å². The van der Waals surface area contributed by atoms with Crippen molar-refractivity contribution < 1.29 is 28.0 Å². The molecule has 0 atom stereocenters. The minimum atomic E-state index is -3.19. The number of nitrogens with one attached hydrogen (secondary N) is 1. The number of methoxy groups -OCH3 is 1. The summed E-state index contributed by atoms with van der Waals surface area (Å²) in [5.41, 5.74) is 1.03. The maximum atomic E-state index is 12.6. The molecule has 1 aliphatic rings. The van der Waals surface area contributed by atoms with Crippen LogP contribution in [0.15, 0.2) is 36.4 Å². The molecule has 1 N–H and O–H groups in total. The Hall–Kier alpha value is -3.27. The van der Waals surface area contributed by atoms with Crippen molar-refractivity contribution in [1.29, 1.82) is 0 Å². The number of hydrogen-bond donors (Lipinski definition) is 1. The number of carbonyl (C=O) groups excluding carboxylic acids is 1. The number of ether oxygens (including phenoxy) is 2. The van der Waals surface area contributed by atoms with Gasteiger partial charge >= 0.3 is 6.61 Å². The summed E-state index contributed by atoms with van der Waals surface area (Å²) in [5, 5.41) is 14.0. The number of nitro benzene ring substituents is 1. The Morgan fingerprint density at radius 3 is 2.39 bits per heavy atom. The summed E-state index contributed by atoms with van der Waals surface area (Å²) >= 11 is 0. The lowest BCUT2D eigenvalue weighted by Crippen LogP contribution is -2.32. The van der Waals surface area contributed by atoms with Crippen molar-refractivity contribution in [2.75, 3.05) is 20.2 Å². The zero-order valence-electron chi connectivity index (χ0n) is 18.6. The lowest BCUT2D eigenvalue weighted by molar-refractivity contribution is -0.385. The lowest BCUT2D eigenvalue weighted by atomic mass is 9.99. The Bertz CT molecular complexity index is 977. The highest BCUT2D eigenvalue weighted by Crippen LogP contribution is 2.35. The van der Waals surface area contributed by atoms with E-state index in [-0.39, 0.29) is 17.9 Å². The number of nitro groups is 1. The molecule has 2 aromatic rings. The minimum Gasteiger partial charge on any atom is -0.493 e. The van der Waals surface area contributed by atoms with Gasteiger partial charge in [-0.2, -0.15) is 8.78 Å². The third-order valence-electron chi connectivity index (χ3n) is 5.70. The molecule has 0 aromatic heterocycles. The van der Waals surface area contributed by atoms with E-state index < -0.39 is 28.9 Å². The zero-order chi connectivity index (χ0) is 24.0.